The predicted octanol–water partition coefficient (Wildman–Crippen LogP) is 2.72. The van der Waals surface area contributed by atoms with Gasteiger partial charge in [0.1, 0.15) is 5.52 Å². The van der Waals surface area contributed by atoms with Gasteiger partial charge < -0.3 is 9.15 Å². The maximum absolute atomic E-state index is 11.8. The number of fused-ring (bicyclic) bond motifs is 1. The molecule has 1 aromatic carbocycles. The van der Waals surface area contributed by atoms with Crippen LogP contribution < -0.4 is 4.74 Å². The summed E-state index contributed by atoms with van der Waals surface area (Å²) in [5, 5.41) is 0. The molecule has 0 bridgehead atoms. The maximum Gasteiger partial charge on any atom is 0.399 e. The predicted molar refractivity (Wildman–Crippen MR) is 47.9 cm³/mol. The fraction of sp³-hybridized carbons (Fsp3) is 0.125. The molecule has 0 aliphatic heterocycles. The number of nitrogens with zero attached hydrogens (tertiary/aromatic N) is 1. The van der Waals surface area contributed by atoms with Gasteiger partial charge in [-0.25, -0.2) is 0 Å². The Morgan fingerprint density at radius 2 is 2.21 bits per heavy atom. The lowest BCUT2D eigenvalue weighted by molar-refractivity contribution is -0.0664. The minimum Gasteiger partial charge on any atom is -0.409 e. The Bertz CT molecular complexity index is 458. The molecule has 0 fully saturated rings. The highest BCUT2D eigenvalue weighted by molar-refractivity contribution is 7.80. The van der Waals surface area contributed by atoms with Crippen LogP contribution in [0, 0.1) is 0 Å². The summed E-state index contributed by atoms with van der Waals surface area (Å²) in [7, 11) is 0. The quantitative estimate of drug-likeness (QED) is 0.785. The van der Waals surface area contributed by atoms with Crippen LogP contribution in [0.4, 0.5) is 8.78 Å². The standard InChI is InChI=1S/C8H5F2NO2S/c9-7(10)13-8-11-5-3-4(14)1-2-6(5)12-8/h1-3,7,14H. The van der Waals surface area contributed by atoms with Crippen LogP contribution in [0.1, 0.15) is 0 Å². The zero-order valence-corrected chi connectivity index (χ0v) is 7.67. The smallest absolute Gasteiger partial charge is 0.399 e. The summed E-state index contributed by atoms with van der Waals surface area (Å²) in [6, 6.07) is 4.85. The molecule has 1 heterocycles. The Labute approximate surface area is 83.1 Å². The number of rotatable bonds is 2. The molecule has 1 aromatic heterocycles. The van der Waals surface area contributed by atoms with Crippen molar-refractivity contribution >= 4 is 23.7 Å². The molecule has 0 saturated carbocycles. The third-order valence-electron chi connectivity index (χ3n) is 1.54. The van der Waals surface area contributed by atoms with E-state index in [1.807, 2.05) is 0 Å². The van der Waals surface area contributed by atoms with Gasteiger partial charge in [0.2, 0.25) is 0 Å². The summed E-state index contributed by atoms with van der Waals surface area (Å²) in [5.74, 6) is 0. The fourth-order valence-electron chi connectivity index (χ4n) is 1.02. The van der Waals surface area contributed by atoms with Gasteiger partial charge in [-0.1, -0.05) is 0 Å². The molecule has 0 aliphatic rings. The van der Waals surface area contributed by atoms with Crippen molar-refractivity contribution in [2.24, 2.45) is 0 Å². The normalized spacial score (nSPS) is 11.1. The second-order valence-electron chi connectivity index (χ2n) is 2.51. The van der Waals surface area contributed by atoms with Crippen molar-refractivity contribution in [1.29, 1.82) is 0 Å². The highest BCUT2D eigenvalue weighted by Gasteiger charge is 2.11. The molecule has 0 amide bonds. The van der Waals surface area contributed by atoms with E-state index in [0.29, 0.717) is 16.0 Å². The van der Waals surface area contributed by atoms with Gasteiger partial charge >= 0.3 is 12.7 Å². The second-order valence-corrected chi connectivity index (χ2v) is 3.03. The van der Waals surface area contributed by atoms with E-state index in [4.69, 9.17) is 4.42 Å². The number of alkyl halides is 2. The first-order chi connectivity index (χ1) is 6.65. The topological polar surface area (TPSA) is 35.3 Å². The summed E-state index contributed by atoms with van der Waals surface area (Å²) in [5.41, 5.74) is 0.826. The van der Waals surface area contributed by atoms with Crippen molar-refractivity contribution < 1.29 is 17.9 Å². The number of oxazole rings is 1. The van der Waals surface area contributed by atoms with Crippen molar-refractivity contribution in [3.63, 3.8) is 0 Å². The van der Waals surface area contributed by atoms with Crippen molar-refractivity contribution in [2.75, 3.05) is 0 Å². The number of thiol groups is 1. The molecule has 14 heavy (non-hydrogen) atoms. The molecule has 0 unspecified atom stereocenters. The molecule has 0 N–H and O–H groups in total. The molecule has 6 heteroatoms. The molecule has 0 atom stereocenters. The zero-order valence-electron chi connectivity index (χ0n) is 6.78. The van der Waals surface area contributed by atoms with Gasteiger partial charge in [0.25, 0.3) is 0 Å². The second kappa shape index (κ2) is 3.45. The lowest BCUT2D eigenvalue weighted by atomic mass is 10.3. The first kappa shape index (κ1) is 9.26. The Kier molecular flexibility index (Phi) is 2.28. The van der Waals surface area contributed by atoms with E-state index in [9.17, 15) is 8.78 Å². The Morgan fingerprint density at radius 3 is 2.93 bits per heavy atom. The lowest BCUT2D eigenvalue weighted by Gasteiger charge is -1.94. The molecule has 2 aromatic rings. The number of halogens is 2. The molecular formula is C8H5F2NO2S. The largest absolute Gasteiger partial charge is 0.409 e. The van der Waals surface area contributed by atoms with Gasteiger partial charge in [-0.05, 0) is 18.2 Å². The molecule has 0 radical (unpaired) electrons. The summed E-state index contributed by atoms with van der Waals surface area (Å²) in [4.78, 5) is 4.37. The Morgan fingerprint density at radius 1 is 1.43 bits per heavy atom. The van der Waals surface area contributed by atoms with Crippen LogP contribution in [-0.4, -0.2) is 11.6 Å². The van der Waals surface area contributed by atoms with Crippen molar-refractivity contribution in [3.05, 3.63) is 18.2 Å². The van der Waals surface area contributed by atoms with Crippen molar-refractivity contribution in [3.8, 4) is 6.08 Å². The van der Waals surface area contributed by atoms with Crippen LogP contribution in [-0.2, 0) is 0 Å². The van der Waals surface area contributed by atoms with Crippen LogP contribution in [0.3, 0.4) is 0 Å². The average molecular weight is 217 g/mol. The number of ether oxygens (including phenoxy) is 1. The fourth-order valence-corrected chi connectivity index (χ4v) is 1.22. The van der Waals surface area contributed by atoms with Gasteiger partial charge in [-0.3, -0.25) is 0 Å². The minimum atomic E-state index is -2.93. The van der Waals surface area contributed by atoms with Crippen molar-refractivity contribution in [1.82, 2.24) is 4.98 Å². The lowest BCUT2D eigenvalue weighted by Crippen LogP contribution is -2.01. The monoisotopic (exact) mass is 217 g/mol. The minimum absolute atomic E-state index is 0.387. The summed E-state index contributed by atoms with van der Waals surface area (Å²) in [6.07, 6.45) is -0.436. The molecule has 0 aliphatic carbocycles. The number of hydrogen-bond acceptors (Lipinski definition) is 4. The zero-order chi connectivity index (χ0) is 10.1. The van der Waals surface area contributed by atoms with E-state index in [0.717, 1.165) is 0 Å². The van der Waals surface area contributed by atoms with Crippen LogP contribution in [0.15, 0.2) is 27.5 Å². The number of hydrogen-bond donors (Lipinski definition) is 1. The maximum atomic E-state index is 11.8. The Hall–Kier alpha value is -1.30. The molecule has 0 spiro atoms. The van der Waals surface area contributed by atoms with E-state index in [1.165, 1.54) is 0 Å². The Balaban J connectivity index is 2.41. The highest BCUT2D eigenvalue weighted by atomic mass is 32.1. The van der Waals surface area contributed by atoms with Crippen LogP contribution >= 0.6 is 12.6 Å². The first-order valence-electron chi connectivity index (χ1n) is 3.69. The molecule has 74 valence electrons. The SMILES string of the molecule is FC(F)Oc1nc2cc(S)ccc2o1. The van der Waals surface area contributed by atoms with E-state index in [1.54, 1.807) is 18.2 Å². The van der Waals surface area contributed by atoms with Gasteiger partial charge in [-0.15, -0.1) is 12.6 Å². The van der Waals surface area contributed by atoms with E-state index >= 15 is 0 Å². The molecule has 0 saturated heterocycles. The molecular weight excluding hydrogens is 212 g/mol. The summed E-state index contributed by atoms with van der Waals surface area (Å²) < 4.78 is 32.5. The van der Waals surface area contributed by atoms with Gasteiger partial charge in [-0.2, -0.15) is 13.8 Å². The number of aromatic nitrogens is 1. The van der Waals surface area contributed by atoms with Crippen LogP contribution in [0.25, 0.3) is 11.1 Å². The van der Waals surface area contributed by atoms with Gasteiger partial charge in [0, 0.05) is 4.90 Å². The molecule has 3 nitrogen and oxygen atoms in total. The van der Waals surface area contributed by atoms with Gasteiger partial charge in [0.15, 0.2) is 5.58 Å². The summed E-state index contributed by atoms with van der Waals surface area (Å²) in [6.45, 7) is -2.93. The van der Waals surface area contributed by atoms with E-state index in [2.05, 4.69) is 22.3 Å². The first-order valence-corrected chi connectivity index (χ1v) is 4.14. The van der Waals surface area contributed by atoms with Gasteiger partial charge in [0.05, 0.1) is 0 Å². The highest BCUT2D eigenvalue weighted by Crippen LogP contribution is 2.23. The third kappa shape index (κ3) is 1.79. The third-order valence-corrected chi connectivity index (χ3v) is 1.82. The van der Waals surface area contributed by atoms with E-state index in [-0.39, 0.29) is 0 Å². The summed E-state index contributed by atoms with van der Waals surface area (Å²) >= 11 is 4.07. The average Bonchev–Trinajstić information content (AvgIpc) is 2.44. The van der Waals surface area contributed by atoms with Crippen LogP contribution in [0.2, 0.25) is 0 Å². The van der Waals surface area contributed by atoms with Crippen molar-refractivity contribution in [2.45, 2.75) is 11.5 Å². The van der Waals surface area contributed by atoms with E-state index < -0.39 is 12.7 Å². The molecule has 2 rings (SSSR count). The number of benzene rings is 1. The van der Waals surface area contributed by atoms with Crippen LogP contribution in [0.5, 0.6) is 6.08 Å².